The molecule has 1 aromatic carbocycles. The molecule has 0 aliphatic carbocycles. The molecule has 2 N–H and O–H groups in total. The van der Waals surface area contributed by atoms with E-state index < -0.39 is 0 Å². The molecule has 104 valence electrons. The minimum Gasteiger partial charge on any atom is -0.496 e. The van der Waals surface area contributed by atoms with Gasteiger partial charge in [-0.2, -0.15) is 0 Å². The van der Waals surface area contributed by atoms with Crippen molar-refractivity contribution in [2.75, 3.05) is 20.2 Å². The summed E-state index contributed by atoms with van der Waals surface area (Å²) in [6, 6.07) is 7.49. The number of ether oxygens (including phenoxy) is 1. The summed E-state index contributed by atoms with van der Waals surface area (Å²) in [7, 11) is 1.59. The highest BCUT2D eigenvalue weighted by Crippen LogP contribution is 2.29. The highest BCUT2D eigenvalue weighted by molar-refractivity contribution is 5.97. The Hall–Kier alpha value is -1.55. The van der Waals surface area contributed by atoms with Gasteiger partial charge >= 0.3 is 0 Å². The van der Waals surface area contributed by atoms with E-state index in [1.54, 1.807) is 7.11 Å². The summed E-state index contributed by atoms with van der Waals surface area (Å²) >= 11 is 0. The van der Waals surface area contributed by atoms with Crippen LogP contribution in [0.2, 0.25) is 0 Å². The van der Waals surface area contributed by atoms with Crippen LogP contribution in [0.1, 0.15) is 30.6 Å². The minimum absolute atomic E-state index is 0.0254. The molecule has 1 amide bonds. The van der Waals surface area contributed by atoms with Gasteiger partial charge in [0.25, 0.3) is 5.91 Å². The van der Waals surface area contributed by atoms with Gasteiger partial charge in [0, 0.05) is 19.1 Å². The number of carbonyl (C=O) groups excluding carboxylic acids is 1. The molecule has 0 radical (unpaired) electrons. The zero-order chi connectivity index (χ0) is 14.0. The van der Waals surface area contributed by atoms with E-state index >= 15 is 0 Å². The number of para-hydroxylation sites is 1. The van der Waals surface area contributed by atoms with Crippen molar-refractivity contribution in [2.24, 2.45) is 11.1 Å². The molecule has 1 aliphatic rings. The first kappa shape index (κ1) is 13.9. The Morgan fingerprint density at radius 2 is 2.11 bits per heavy atom. The average Bonchev–Trinajstić information content (AvgIpc) is 2.41. The van der Waals surface area contributed by atoms with Crippen LogP contribution in [-0.2, 0) is 0 Å². The minimum atomic E-state index is -0.0457. The fourth-order valence-corrected chi connectivity index (χ4v) is 2.54. The summed E-state index contributed by atoms with van der Waals surface area (Å²) in [5.74, 6) is 0.651. The number of nitrogens with two attached hydrogens (primary N) is 1. The smallest absolute Gasteiger partial charge is 0.257 e. The Labute approximate surface area is 114 Å². The number of rotatable bonds is 2. The van der Waals surface area contributed by atoms with E-state index in [9.17, 15) is 4.79 Å². The number of carbonyl (C=O) groups is 1. The molecule has 1 saturated heterocycles. The van der Waals surface area contributed by atoms with Gasteiger partial charge in [-0.1, -0.05) is 26.0 Å². The summed E-state index contributed by atoms with van der Waals surface area (Å²) in [6.45, 7) is 5.62. The van der Waals surface area contributed by atoms with Crippen LogP contribution in [0.4, 0.5) is 0 Å². The summed E-state index contributed by atoms with van der Waals surface area (Å²) < 4.78 is 5.26. The van der Waals surface area contributed by atoms with Crippen molar-refractivity contribution >= 4 is 5.91 Å². The zero-order valence-electron chi connectivity index (χ0n) is 11.8. The van der Waals surface area contributed by atoms with Gasteiger partial charge in [-0.15, -0.1) is 0 Å². The number of hydrogen-bond donors (Lipinski definition) is 1. The van der Waals surface area contributed by atoms with Crippen LogP contribution in [0, 0.1) is 5.41 Å². The van der Waals surface area contributed by atoms with Gasteiger partial charge in [-0.05, 0) is 24.0 Å². The maximum absolute atomic E-state index is 12.6. The van der Waals surface area contributed by atoms with Crippen molar-refractivity contribution in [2.45, 2.75) is 26.3 Å². The van der Waals surface area contributed by atoms with Crippen LogP contribution in [0.25, 0.3) is 0 Å². The highest BCUT2D eigenvalue weighted by Gasteiger charge is 2.36. The molecule has 1 fully saturated rings. The van der Waals surface area contributed by atoms with Gasteiger partial charge in [0.2, 0.25) is 0 Å². The normalized spacial score (nSPS) is 22.1. The third-order valence-corrected chi connectivity index (χ3v) is 3.94. The molecule has 1 aliphatic heterocycles. The van der Waals surface area contributed by atoms with Crippen LogP contribution >= 0.6 is 0 Å². The molecule has 4 heteroatoms. The molecule has 1 unspecified atom stereocenters. The van der Waals surface area contributed by atoms with Crippen LogP contribution < -0.4 is 10.5 Å². The Kier molecular flexibility index (Phi) is 3.80. The molecule has 0 aromatic heterocycles. The second-order valence-electron chi connectivity index (χ2n) is 5.81. The van der Waals surface area contributed by atoms with E-state index in [0.717, 1.165) is 6.42 Å². The van der Waals surface area contributed by atoms with Crippen molar-refractivity contribution in [1.82, 2.24) is 4.90 Å². The molecule has 0 spiro atoms. The fourth-order valence-electron chi connectivity index (χ4n) is 2.54. The van der Waals surface area contributed by atoms with E-state index in [1.807, 2.05) is 29.2 Å². The van der Waals surface area contributed by atoms with Crippen LogP contribution in [0.5, 0.6) is 5.75 Å². The van der Waals surface area contributed by atoms with Crippen molar-refractivity contribution in [3.63, 3.8) is 0 Å². The van der Waals surface area contributed by atoms with E-state index in [-0.39, 0.29) is 17.4 Å². The highest BCUT2D eigenvalue weighted by atomic mass is 16.5. The fraction of sp³-hybridized carbons (Fsp3) is 0.533. The molecular formula is C15H22N2O2. The number of hydrogen-bond acceptors (Lipinski definition) is 3. The average molecular weight is 262 g/mol. The number of piperidine rings is 1. The third-order valence-electron chi connectivity index (χ3n) is 3.94. The molecular weight excluding hydrogens is 240 g/mol. The lowest BCUT2D eigenvalue weighted by atomic mass is 9.79. The second kappa shape index (κ2) is 5.21. The van der Waals surface area contributed by atoms with Crippen molar-refractivity contribution < 1.29 is 9.53 Å². The quantitative estimate of drug-likeness (QED) is 0.885. The van der Waals surface area contributed by atoms with Gasteiger partial charge in [0.15, 0.2) is 0 Å². The lowest BCUT2D eigenvalue weighted by Gasteiger charge is -2.42. The first-order valence-corrected chi connectivity index (χ1v) is 6.63. The number of likely N-dealkylation sites (tertiary alicyclic amines) is 1. The largest absolute Gasteiger partial charge is 0.496 e. The van der Waals surface area contributed by atoms with E-state index in [4.69, 9.17) is 10.5 Å². The number of benzene rings is 1. The first-order chi connectivity index (χ1) is 8.95. The maximum Gasteiger partial charge on any atom is 0.257 e. The third kappa shape index (κ3) is 2.73. The van der Waals surface area contributed by atoms with Crippen LogP contribution in [0.15, 0.2) is 24.3 Å². The molecule has 1 atom stereocenters. The summed E-state index contributed by atoms with van der Waals surface area (Å²) in [4.78, 5) is 14.5. The molecule has 0 saturated carbocycles. The number of nitrogens with zero attached hydrogens (tertiary/aromatic N) is 1. The Balaban J connectivity index is 2.21. The predicted molar refractivity (Wildman–Crippen MR) is 75.3 cm³/mol. The Bertz CT molecular complexity index is 471. The van der Waals surface area contributed by atoms with Gasteiger partial charge in [0.1, 0.15) is 5.75 Å². The molecule has 2 rings (SSSR count). The van der Waals surface area contributed by atoms with E-state index in [1.165, 1.54) is 0 Å². The zero-order valence-corrected chi connectivity index (χ0v) is 11.8. The van der Waals surface area contributed by atoms with Gasteiger partial charge in [-0.3, -0.25) is 4.79 Å². The van der Waals surface area contributed by atoms with E-state index in [2.05, 4.69) is 13.8 Å². The maximum atomic E-state index is 12.6. The molecule has 4 nitrogen and oxygen atoms in total. The van der Waals surface area contributed by atoms with Crippen molar-refractivity contribution in [3.8, 4) is 5.75 Å². The number of amides is 1. The van der Waals surface area contributed by atoms with Crippen LogP contribution in [0.3, 0.4) is 0 Å². The molecule has 0 bridgehead atoms. The Morgan fingerprint density at radius 3 is 2.74 bits per heavy atom. The molecule has 1 aromatic rings. The summed E-state index contributed by atoms with van der Waals surface area (Å²) in [5.41, 5.74) is 6.68. The first-order valence-electron chi connectivity index (χ1n) is 6.63. The monoisotopic (exact) mass is 262 g/mol. The van der Waals surface area contributed by atoms with Crippen molar-refractivity contribution in [1.29, 1.82) is 0 Å². The standard InChI is InChI=1S/C15H22N2O2/c1-15(2)10-17(9-8-13(15)16)14(18)11-6-4-5-7-12(11)19-3/h4-7,13H,8-10,16H2,1-3H3. The predicted octanol–water partition coefficient (Wildman–Crippen LogP) is 1.89. The topological polar surface area (TPSA) is 55.6 Å². The molecule has 19 heavy (non-hydrogen) atoms. The summed E-state index contributed by atoms with van der Waals surface area (Å²) in [6.07, 6.45) is 0.841. The van der Waals surface area contributed by atoms with E-state index in [0.29, 0.717) is 24.4 Å². The second-order valence-corrected chi connectivity index (χ2v) is 5.81. The van der Waals surface area contributed by atoms with Gasteiger partial charge in [0.05, 0.1) is 12.7 Å². The molecule has 1 heterocycles. The lowest BCUT2D eigenvalue weighted by molar-refractivity contribution is 0.0530. The SMILES string of the molecule is COc1ccccc1C(=O)N1CCC(N)C(C)(C)C1. The lowest BCUT2D eigenvalue weighted by Crippen LogP contribution is -2.54. The Morgan fingerprint density at radius 1 is 1.42 bits per heavy atom. The van der Waals surface area contributed by atoms with Crippen molar-refractivity contribution in [3.05, 3.63) is 29.8 Å². The van der Waals surface area contributed by atoms with Gasteiger partial charge < -0.3 is 15.4 Å². The van der Waals surface area contributed by atoms with Crippen LogP contribution in [-0.4, -0.2) is 37.0 Å². The number of methoxy groups -OCH3 is 1. The van der Waals surface area contributed by atoms with Gasteiger partial charge in [-0.25, -0.2) is 0 Å². The summed E-state index contributed by atoms with van der Waals surface area (Å²) in [5, 5.41) is 0.